The number of hydrogen-bond donors (Lipinski definition) is 1. The van der Waals surface area contributed by atoms with Gasteiger partial charge in [-0.2, -0.15) is 0 Å². The number of benzene rings is 1. The van der Waals surface area contributed by atoms with E-state index in [9.17, 15) is 4.79 Å². The van der Waals surface area contributed by atoms with Crippen LogP contribution < -0.4 is 10.2 Å². The quantitative estimate of drug-likeness (QED) is 0.925. The van der Waals surface area contributed by atoms with E-state index in [1.165, 1.54) is 24.9 Å². The number of rotatable bonds is 4. The summed E-state index contributed by atoms with van der Waals surface area (Å²) in [6.45, 7) is 7.60. The van der Waals surface area contributed by atoms with Gasteiger partial charge in [-0.1, -0.05) is 38.3 Å². The van der Waals surface area contributed by atoms with Crippen LogP contribution in [0.1, 0.15) is 39.0 Å². The van der Waals surface area contributed by atoms with Gasteiger partial charge in [-0.05, 0) is 31.5 Å². The van der Waals surface area contributed by atoms with E-state index < -0.39 is 0 Å². The molecule has 4 heteroatoms. The SMILES string of the molecule is CCN1CCN(c2ccccc2NC(=O)C2CCCCC2)CC1. The first-order chi connectivity index (χ1) is 11.3. The summed E-state index contributed by atoms with van der Waals surface area (Å²) in [5.74, 6) is 0.415. The lowest BCUT2D eigenvalue weighted by atomic mass is 9.88. The Balaban J connectivity index is 1.67. The molecule has 0 bridgehead atoms. The zero-order chi connectivity index (χ0) is 16.1. The minimum atomic E-state index is 0.203. The second-order valence-electron chi connectivity index (χ2n) is 6.76. The van der Waals surface area contributed by atoms with Crippen LogP contribution in [0.4, 0.5) is 11.4 Å². The monoisotopic (exact) mass is 315 g/mol. The van der Waals surface area contributed by atoms with Crippen molar-refractivity contribution in [1.82, 2.24) is 4.90 Å². The molecule has 0 radical (unpaired) electrons. The highest BCUT2D eigenvalue weighted by molar-refractivity contribution is 5.95. The molecule has 1 aliphatic heterocycles. The first kappa shape index (κ1) is 16.3. The Morgan fingerprint density at radius 1 is 1.09 bits per heavy atom. The van der Waals surface area contributed by atoms with E-state index in [2.05, 4.69) is 34.2 Å². The predicted molar refractivity (Wildman–Crippen MR) is 96.0 cm³/mol. The van der Waals surface area contributed by atoms with Gasteiger partial charge >= 0.3 is 0 Å². The Kier molecular flexibility index (Phi) is 5.55. The number of piperazine rings is 1. The van der Waals surface area contributed by atoms with Crippen LogP contribution in [0.15, 0.2) is 24.3 Å². The number of anilines is 2. The molecule has 3 rings (SSSR count). The third-order valence-corrected chi connectivity index (χ3v) is 5.30. The molecule has 1 heterocycles. The minimum Gasteiger partial charge on any atom is -0.367 e. The van der Waals surface area contributed by atoms with Crippen molar-refractivity contribution in [1.29, 1.82) is 0 Å². The molecule has 1 aromatic rings. The average Bonchev–Trinajstić information content (AvgIpc) is 2.63. The summed E-state index contributed by atoms with van der Waals surface area (Å²) < 4.78 is 0. The third kappa shape index (κ3) is 4.05. The topological polar surface area (TPSA) is 35.6 Å². The summed E-state index contributed by atoms with van der Waals surface area (Å²) >= 11 is 0. The Bertz CT molecular complexity index is 517. The number of likely N-dealkylation sites (N-methyl/N-ethyl adjacent to an activating group) is 1. The van der Waals surface area contributed by atoms with E-state index >= 15 is 0 Å². The second kappa shape index (κ2) is 7.82. The van der Waals surface area contributed by atoms with Gasteiger partial charge in [0.2, 0.25) is 5.91 Å². The van der Waals surface area contributed by atoms with Crippen LogP contribution in [0, 0.1) is 5.92 Å². The van der Waals surface area contributed by atoms with Crippen LogP contribution in [0.3, 0.4) is 0 Å². The summed E-state index contributed by atoms with van der Waals surface area (Å²) in [4.78, 5) is 17.4. The maximum Gasteiger partial charge on any atom is 0.227 e. The first-order valence-corrected chi connectivity index (χ1v) is 9.15. The zero-order valence-corrected chi connectivity index (χ0v) is 14.3. The van der Waals surface area contributed by atoms with Crippen LogP contribution in [0.5, 0.6) is 0 Å². The minimum absolute atomic E-state index is 0.203. The van der Waals surface area contributed by atoms with Crippen molar-refractivity contribution in [2.75, 3.05) is 42.9 Å². The van der Waals surface area contributed by atoms with Gasteiger partial charge in [0.25, 0.3) is 0 Å². The van der Waals surface area contributed by atoms with E-state index in [4.69, 9.17) is 0 Å². The van der Waals surface area contributed by atoms with Crippen LogP contribution in [0.2, 0.25) is 0 Å². The van der Waals surface area contributed by atoms with Crippen molar-refractivity contribution < 1.29 is 4.79 Å². The number of hydrogen-bond acceptors (Lipinski definition) is 3. The second-order valence-corrected chi connectivity index (χ2v) is 6.76. The van der Waals surface area contributed by atoms with Crippen molar-refractivity contribution in [3.63, 3.8) is 0 Å². The van der Waals surface area contributed by atoms with Gasteiger partial charge in [-0.15, -0.1) is 0 Å². The Hall–Kier alpha value is -1.55. The summed E-state index contributed by atoms with van der Waals surface area (Å²) in [5.41, 5.74) is 2.15. The standard InChI is InChI=1S/C19H29N3O/c1-2-21-12-14-22(15-13-21)18-11-7-6-10-17(18)20-19(23)16-8-4-3-5-9-16/h6-7,10-11,16H,2-5,8-9,12-15H2,1H3,(H,20,23). The highest BCUT2D eigenvalue weighted by Gasteiger charge is 2.23. The number of carbonyl (C=O) groups is 1. The van der Waals surface area contributed by atoms with E-state index in [1.54, 1.807) is 0 Å². The molecular weight excluding hydrogens is 286 g/mol. The number of nitrogens with zero attached hydrogens (tertiary/aromatic N) is 2. The summed E-state index contributed by atoms with van der Waals surface area (Å²) in [6.07, 6.45) is 5.76. The van der Waals surface area contributed by atoms with Crippen LogP contribution in [0.25, 0.3) is 0 Å². The summed E-state index contributed by atoms with van der Waals surface area (Å²) in [6, 6.07) is 8.26. The van der Waals surface area contributed by atoms with E-state index in [0.717, 1.165) is 51.3 Å². The Morgan fingerprint density at radius 2 is 1.78 bits per heavy atom. The van der Waals surface area contributed by atoms with E-state index in [-0.39, 0.29) is 11.8 Å². The van der Waals surface area contributed by atoms with Crippen LogP contribution in [-0.2, 0) is 4.79 Å². The lowest BCUT2D eigenvalue weighted by Gasteiger charge is -2.36. The fourth-order valence-electron chi connectivity index (χ4n) is 3.76. The fourth-order valence-corrected chi connectivity index (χ4v) is 3.76. The molecule has 23 heavy (non-hydrogen) atoms. The third-order valence-electron chi connectivity index (χ3n) is 5.30. The van der Waals surface area contributed by atoms with E-state index in [0.29, 0.717) is 0 Å². The van der Waals surface area contributed by atoms with Gasteiger partial charge in [-0.3, -0.25) is 4.79 Å². The molecule has 0 unspecified atom stereocenters. The molecule has 0 aromatic heterocycles. The normalized spacial score (nSPS) is 20.5. The lowest BCUT2D eigenvalue weighted by Crippen LogP contribution is -2.46. The first-order valence-electron chi connectivity index (χ1n) is 9.15. The van der Waals surface area contributed by atoms with Gasteiger partial charge in [0.1, 0.15) is 0 Å². The molecule has 1 aromatic carbocycles. The number of carbonyl (C=O) groups excluding carboxylic acids is 1. The van der Waals surface area contributed by atoms with Crippen molar-refractivity contribution in [2.24, 2.45) is 5.92 Å². The van der Waals surface area contributed by atoms with Gasteiger partial charge in [0, 0.05) is 32.1 Å². The molecule has 1 saturated heterocycles. The summed E-state index contributed by atoms with van der Waals surface area (Å²) in [5, 5.41) is 3.21. The molecular formula is C19H29N3O. The van der Waals surface area contributed by atoms with Crippen LogP contribution >= 0.6 is 0 Å². The molecule has 1 aliphatic carbocycles. The Labute approximate surface area is 139 Å². The molecule has 1 N–H and O–H groups in total. The molecule has 4 nitrogen and oxygen atoms in total. The highest BCUT2D eigenvalue weighted by Crippen LogP contribution is 2.29. The molecule has 1 amide bonds. The molecule has 0 atom stereocenters. The fraction of sp³-hybridized carbons (Fsp3) is 0.632. The number of nitrogens with one attached hydrogen (secondary N) is 1. The Morgan fingerprint density at radius 3 is 2.48 bits per heavy atom. The maximum atomic E-state index is 12.6. The van der Waals surface area contributed by atoms with Crippen LogP contribution in [-0.4, -0.2) is 43.5 Å². The number of para-hydroxylation sites is 2. The van der Waals surface area contributed by atoms with Gasteiger partial charge in [-0.25, -0.2) is 0 Å². The zero-order valence-electron chi connectivity index (χ0n) is 14.3. The van der Waals surface area contributed by atoms with Crippen molar-refractivity contribution in [3.8, 4) is 0 Å². The van der Waals surface area contributed by atoms with Crippen molar-refractivity contribution in [3.05, 3.63) is 24.3 Å². The molecule has 2 aliphatic rings. The molecule has 126 valence electrons. The predicted octanol–water partition coefficient (Wildman–Crippen LogP) is 3.35. The number of amides is 1. The molecule has 1 saturated carbocycles. The largest absolute Gasteiger partial charge is 0.367 e. The lowest BCUT2D eigenvalue weighted by molar-refractivity contribution is -0.120. The van der Waals surface area contributed by atoms with Crippen molar-refractivity contribution in [2.45, 2.75) is 39.0 Å². The highest BCUT2D eigenvalue weighted by atomic mass is 16.1. The molecule has 0 spiro atoms. The maximum absolute atomic E-state index is 12.6. The van der Waals surface area contributed by atoms with E-state index in [1.807, 2.05) is 12.1 Å². The smallest absolute Gasteiger partial charge is 0.227 e. The van der Waals surface area contributed by atoms with Gasteiger partial charge in [0.05, 0.1) is 11.4 Å². The van der Waals surface area contributed by atoms with Gasteiger partial charge < -0.3 is 15.1 Å². The van der Waals surface area contributed by atoms with Crippen molar-refractivity contribution >= 4 is 17.3 Å². The average molecular weight is 315 g/mol. The van der Waals surface area contributed by atoms with Gasteiger partial charge in [0.15, 0.2) is 0 Å². The molecule has 2 fully saturated rings. The summed E-state index contributed by atoms with van der Waals surface area (Å²) in [7, 11) is 0.